The molecule has 0 saturated heterocycles. The second-order valence-electron chi connectivity index (χ2n) is 6.78. The maximum Gasteiger partial charge on any atom is 0.335 e. The van der Waals surface area contributed by atoms with E-state index in [1.165, 1.54) is 0 Å². The Balaban J connectivity index is 1.50. The molecule has 0 amide bonds. The number of halogens is 1. The normalized spacial score (nSPS) is 11.8. The molecule has 0 fully saturated rings. The van der Waals surface area contributed by atoms with Crippen molar-refractivity contribution in [2.24, 2.45) is 0 Å². The fraction of sp³-hybridized carbons (Fsp3) is 0.174. The summed E-state index contributed by atoms with van der Waals surface area (Å²) >= 11 is 5.96. The van der Waals surface area contributed by atoms with Crippen LogP contribution in [0.25, 0.3) is 11.1 Å². The summed E-state index contributed by atoms with van der Waals surface area (Å²) in [6.45, 7) is 2.10. The summed E-state index contributed by atoms with van der Waals surface area (Å²) in [6, 6.07) is 22.1. The highest BCUT2D eigenvalue weighted by Gasteiger charge is 2.09. The lowest BCUT2D eigenvalue weighted by molar-refractivity contribution is -0.659. The van der Waals surface area contributed by atoms with Gasteiger partial charge in [0.05, 0.1) is 18.7 Å². The van der Waals surface area contributed by atoms with Crippen molar-refractivity contribution in [2.75, 3.05) is 25.0 Å². The fourth-order valence-electron chi connectivity index (χ4n) is 3.08. The number of aliphatic hydroxyl groups excluding tert-OH is 1. The molecule has 29 heavy (non-hydrogen) atoms. The smallest absolute Gasteiger partial charge is 0.335 e. The summed E-state index contributed by atoms with van der Waals surface area (Å²) in [6.07, 6.45) is -0.557. The Bertz CT molecular complexity index is 978. The molecule has 0 bridgehead atoms. The van der Waals surface area contributed by atoms with Crippen LogP contribution < -0.4 is 10.6 Å². The zero-order chi connectivity index (χ0) is 20.6. The van der Waals surface area contributed by atoms with Gasteiger partial charge in [0, 0.05) is 10.7 Å². The first-order chi connectivity index (χ1) is 14.0. The van der Waals surface area contributed by atoms with Crippen LogP contribution in [0.3, 0.4) is 0 Å². The first-order valence-electron chi connectivity index (χ1n) is 9.46. The van der Waals surface area contributed by atoms with Crippen molar-refractivity contribution < 1.29 is 20.3 Å². The Morgan fingerprint density at radius 3 is 2.48 bits per heavy atom. The number of nitrogens with two attached hydrogens (primary N) is 1. The number of hydrogen-bond acceptors (Lipinski definition) is 3. The maximum atomic E-state index is 11.2. The van der Waals surface area contributed by atoms with E-state index in [4.69, 9.17) is 16.7 Å². The standard InChI is InChI=1S/C23H23ClN2O3/c24-20-8-2-6-18(13-20)22(27)15-25-10-11-26-21-9-3-5-17(14-21)16-4-1-7-19(12-16)23(28)29/h1-9,12-14,22,25-27H,10-11,15H2,(H,28,29)/p+1. The van der Waals surface area contributed by atoms with Crippen LogP contribution in [-0.4, -0.2) is 35.8 Å². The van der Waals surface area contributed by atoms with Crippen molar-refractivity contribution in [2.45, 2.75) is 6.10 Å². The molecule has 6 heteroatoms. The molecule has 0 aromatic heterocycles. The van der Waals surface area contributed by atoms with Crippen molar-refractivity contribution in [1.82, 2.24) is 0 Å². The molecule has 0 spiro atoms. The summed E-state index contributed by atoms with van der Waals surface area (Å²) in [5.41, 5.74) is 3.88. The molecule has 3 aromatic carbocycles. The molecule has 0 saturated carbocycles. The number of carboxylic acids is 1. The number of aliphatic hydroxyl groups is 1. The minimum absolute atomic E-state index is 0.272. The minimum Gasteiger partial charge on any atom is -0.478 e. The lowest BCUT2D eigenvalue weighted by atomic mass is 10.0. The third-order valence-corrected chi connectivity index (χ3v) is 4.84. The lowest BCUT2D eigenvalue weighted by Crippen LogP contribution is -2.86. The van der Waals surface area contributed by atoms with Crippen molar-refractivity contribution in [3.63, 3.8) is 0 Å². The van der Waals surface area contributed by atoms with Gasteiger partial charge in [-0.25, -0.2) is 4.79 Å². The number of hydrogen-bond donors (Lipinski definition) is 4. The number of carbonyl (C=O) groups is 1. The second-order valence-corrected chi connectivity index (χ2v) is 7.21. The van der Waals surface area contributed by atoms with Crippen LogP contribution in [0, 0.1) is 0 Å². The average Bonchev–Trinajstić information content (AvgIpc) is 2.73. The summed E-state index contributed by atoms with van der Waals surface area (Å²) in [7, 11) is 0. The first kappa shape index (κ1) is 20.9. The quantitative estimate of drug-likeness (QED) is 0.406. The van der Waals surface area contributed by atoms with Crippen molar-refractivity contribution >= 4 is 23.3 Å². The first-order valence-corrected chi connectivity index (χ1v) is 9.83. The number of rotatable bonds is 9. The molecule has 0 aliphatic carbocycles. The Labute approximate surface area is 175 Å². The van der Waals surface area contributed by atoms with E-state index in [0.717, 1.165) is 35.5 Å². The van der Waals surface area contributed by atoms with Crippen molar-refractivity contribution in [3.8, 4) is 11.1 Å². The Hall–Kier alpha value is -2.86. The fourth-order valence-corrected chi connectivity index (χ4v) is 3.28. The van der Waals surface area contributed by atoms with Gasteiger partial charge in [0.15, 0.2) is 0 Å². The molecular formula is C23H24ClN2O3+. The van der Waals surface area contributed by atoms with Gasteiger partial charge in [-0.3, -0.25) is 0 Å². The molecule has 3 aromatic rings. The van der Waals surface area contributed by atoms with Gasteiger partial charge in [-0.1, -0.05) is 48.0 Å². The monoisotopic (exact) mass is 411 g/mol. The topological polar surface area (TPSA) is 86.2 Å². The molecule has 1 atom stereocenters. The maximum absolute atomic E-state index is 11.2. The molecule has 1 unspecified atom stereocenters. The largest absolute Gasteiger partial charge is 0.478 e. The zero-order valence-corrected chi connectivity index (χ0v) is 16.6. The number of quaternary nitrogens is 1. The molecular weight excluding hydrogens is 388 g/mol. The molecule has 0 aliphatic rings. The van der Waals surface area contributed by atoms with Crippen LogP contribution in [0.4, 0.5) is 5.69 Å². The highest BCUT2D eigenvalue weighted by atomic mass is 35.5. The van der Waals surface area contributed by atoms with Crippen LogP contribution in [0.5, 0.6) is 0 Å². The lowest BCUT2D eigenvalue weighted by Gasteiger charge is -2.11. The van der Waals surface area contributed by atoms with E-state index in [-0.39, 0.29) is 5.56 Å². The van der Waals surface area contributed by atoms with E-state index in [1.807, 2.05) is 42.5 Å². The van der Waals surface area contributed by atoms with Gasteiger partial charge in [0.25, 0.3) is 0 Å². The summed E-state index contributed by atoms with van der Waals surface area (Å²) in [5, 5.41) is 25.4. The van der Waals surface area contributed by atoms with Gasteiger partial charge in [-0.2, -0.15) is 0 Å². The third kappa shape index (κ3) is 6.06. The van der Waals surface area contributed by atoms with E-state index in [2.05, 4.69) is 10.6 Å². The van der Waals surface area contributed by atoms with Crippen LogP contribution >= 0.6 is 11.6 Å². The molecule has 0 heterocycles. The van der Waals surface area contributed by atoms with Crippen LogP contribution in [0.1, 0.15) is 22.0 Å². The van der Waals surface area contributed by atoms with Crippen LogP contribution in [0.2, 0.25) is 5.02 Å². The summed E-state index contributed by atoms with van der Waals surface area (Å²) in [4.78, 5) is 11.2. The van der Waals surface area contributed by atoms with Gasteiger partial charge in [-0.05, 0) is 53.1 Å². The Kier molecular flexibility index (Phi) is 7.25. The van der Waals surface area contributed by atoms with E-state index in [0.29, 0.717) is 11.6 Å². The predicted octanol–water partition coefficient (Wildman–Crippen LogP) is 3.41. The van der Waals surface area contributed by atoms with E-state index in [9.17, 15) is 9.90 Å². The molecule has 0 radical (unpaired) electrons. The number of anilines is 1. The molecule has 0 aliphatic heterocycles. The average molecular weight is 412 g/mol. The summed E-state index contributed by atoms with van der Waals surface area (Å²) in [5.74, 6) is -0.934. The summed E-state index contributed by atoms with van der Waals surface area (Å²) < 4.78 is 0. The number of benzene rings is 3. The van der Waals surface area contributed by atoms with Crippen molar-refractivity contribution in [3.05, 3.63) is 88.9 Å². The number of carboxylic acid groups (broad SMARTS) is 1. The van der Waals surface area contributed by atoms with Crippen LogP contribution in [-0.2, 0) is 0 Å². The van der Waals surface area contributed by atoms with Crippen LogP contribution in [0.15, 0.2) is 72.8 Å². The second kappa shape index (κ2) is 10.1. The zero-order valence-electron chi connectivity index (χ0n) is 15.9. The van der Waals surface area contributed by atoms with E-state index in [1.54, 1.807) is 30.3 Å². The highest BCUT2D eigenvalue weighted by molar-refractivity contribution is 6.30. The van der Waals surface area contributed by atoms with Gasteiger partial charge in [0.1, 0.15) is 12.6 Å². The van der Waals surface area contributed by atoms with Gasteiger partial charge < -0.3 is 20.8 Å². The molecule has 150 valence electrons. The number of nitrogens with one attached hydrogen (secondary N) is 1. The minimum atomic E-state index is -0.934. The van der Waals surface area contributed by atoms with E-state index >= 15 is 0 Å². The SMILES string of the molecule is O=C(O)c1cccc(-c2cccc(NCC[NH2+]CC(O)c3cccc(Cl)c3)c2)c1. The Morgan fingerprint density at radius 1 is 1.00 bits per heavy atom. The molecule has 5 nitrogen and oxygen atoms in total. The van der Waals surface area contributed by atoms with Crippen molar-refractivity contribution in [1.29, 1.82) is 0 Å². The Morgan fingerprint density at radius 2 is 1.72 bits per heavy atom. The molecule has 3 rings (SSSR count). The van der Waals surface area contributed by atoms with Gasteiger partial charge >= 0.3 is 5.97 Å². The number of aromatic carboxylic acids is 1. The van der Waals surface area contributed by atoms with Gasteiger partial charge in [-0.15, -0.1) is 0 Å². The predicted molar refractivity (Wildman–Crippen MR) is 115 cm³/mol. The highest BCUT2D eigenvalue weighted by Crippen LogP contribution is 2.23. The third-order valence-electron chi connectivity index (χ3n) is 4.61. The van der Waals surface area contributed by atoms with Gasteiger partial charge in [0.2, 0.25) is 0 Å². The van der Waals surface area contributed by atoms with E-state index < -0.39 is 12.1 Å². The molecule has 5 N–H and O–H groups in total.